The van der Waals surface area contributed by atoms with Crippen molar-refractivity contribution < 1.29 is 4.79 Å². The Kier molecular flexibility index (Phi) is 6.21. The number of aromatic nitrogens is 1. The number of carbonyl (C=O) groups is 1. The molecule has 1 atom stereocenters. The van der Waals surface area contributed by atoms with Crippen LogP contribution in [0.1, 0.15) is 31.2 Å². The van der Waals surface area contributed by atoms with E-state index >= 15 is 0 Å². The number of piperidine rings is 2. The second-order valence-corrected chi connectivity index (χ2v) is 7.27. The van der Waals surface area contributed by atoms with E-state index < -0.39 is 0 Å². The van der Waals surface area contributed by atoms with Crippen LogP contribution in [0.2, 0.25) is 0 Å². The van der Waals surface area contributed by atoms with Crippen molar-refractivity contribution in [3.63, 3.8) is 0 Å². The van der Waals surface area contributed by atoms with Crippen LogP contribution in [0.5, 0.6) is 0 Å². The fourth-order valence-corrected chi connectivity index (χ4v) is 3.94. The number of nitrogens with one attached hydrogen (secondary N) is 1. The van der Waals surface area contributed by atoms with Crippen LogP contribution in [0, 0.1) is 5.92 Å². The Morgan fingerprint density at radius 3 is 2.71 bits per heavy atom. The molecule has 1 aromatic rings. The lowest BCUT2D eigenvalue weighted by Crippen LogP contribution is -2.50. The first-order valence-corrected chi connectivity index (χ1v) is 9.31. The van der Waals surface area contributed by atoms with Crippen molar-refractivity contribution in [2.45, 2.75) is 38.1 Å². The number of pyridine rings is 1. The van der Waals surface area contributed by atoms with Crippen molar-refractivity contribution in [2.24, 2.45) is 5.92 Å². The van der Waals surface area contributed by atoms with Gasteiger partial charge < -0.3 is 10.2 Å². The van der Waals surface area contributed by atoms with Gasteiger partial charge in [-0.2, -0.15) is 0 Å². The lowest BCUT2D eigenvalue weighted by Gasteiger charge is -2.41. The summed E-state index contributed by atoms with van der Waals surface area (Å²) >= 11 is 0. The molecular formula is C19H30N4O. The molecule has 3 rings (SSSR count). The topological polar surface area (TPSA) is 48.5 Å². The minimum atomic E-state index is 0.163. The number of hydrogen-bond acceptors (Lipinski definition) is 4. The average Bonchev–Trinajstić information content (AvgIpc) is 2.63. The molecule has 2 aliphatic rings. The Balaban J connectivity index is 1.43. The Hall–Kier alpha value is -1.46. The number of rotatable bonds is 5. The smallest absolute Gasteiger partial charge is 0.224 e. The summed E-state index contributed by atoms with van der Waals surface area (Å²) < 4.78 is 0. The lowest BCUT2D eigenvalue weighted by atomic mass is 9.93. The molecule has 0 aromatic carbocycles. The number of nitrogens with zero attached hydrogens (tertiary/aromatic N) is 3. The van der Waals surface area contributed by atoms with E-state index in [1.807, 2.05) is 12.1 Å². The van der Waals surface area contributed by atoms with E-state index in [2.05, 4.69) is 27.1 Å². The number of hydrogen-bond donors (Lipinski definition) is 1. The molecule has 3 heterocycles. The number of amides is 1. The standard InChI is InChI=1S/C19H30N4O/c1-22-13-7-18(8-14-22)23-12-2-3-17(15-23)19(24)21-11-6-16-4-9-20-10-5-16/h4-5,9-10,17-18H,2-3,6-8,11-15H2,1H3,(H,21,24)/t17-/m0/s1. The van der Waals surface area contributed by atoms with Crippen LogP contribution in [0.15, 0.2) is 24.5 Å². The Morgan fingerprint density at radius 2 is 1.96 bits per heavy atom. The molecule has 2 saturated heterocycles. The molecule has 2 aliphatic heterocycles. The Morgan fingerprint density at radius 1 is 1.21 bits per heavy atom. The molecule has 24 heavy (non-hydrogen) atoms. The monoisotopic (exact) mass is 330 g/mol. The highest BCUT2D eigenvalue weighted by atomic mass is 16.1. The number of likely N-dealkylation sites (tertiary alicyclic amines) is 2. The summed E-state index contributed by atoms with van der Waals surface area (Å²) in [5, 5.41) is 3.14. The molecule has 5 heteroatoms. The van der Waals surface area contributed by atoms with E-state index in [-0.39, 0.29) is 11.8 Å². The zero-order valence-corrected chi connectivity index (χ0v) is 14.8. The second-order valence-electron chi connectivity index (χ2n) is 7.27. The zero-order valence-electron chi connectivity index (χ0n) is 14.8. The fourth-order valence-electron chi connectivity index (χ4n) is 3.94. The van der Waals surface area contributed by atoms with Gasteiger partial charge in [-0.15, -0.1) is 0 Å². The third-order valence-corrected chi connectivity index (χ3v) is 5.49. The molecule has 1 N–H and O–H groups in total. The van der Waals surface area contributed by atoms with E-state index in [1.54, 1.807) is 12.4 Å². The molecule has 0 saturated carbocycles. The van der Waals surface area contributed by atoms with Gasteiger partial charge in [0.2, 0.25) is 5.91 Å². The van der Waals surface area contributed by atoms with Crippen LogP contribution in [0.25, 0.3) is 0 Å². The first-order chi connectivity index (χ1) is 11.7. The molecular weight excluding hydrogens is 300 g/mol. The van der Waals surface area contributed by atoms with E-state index in [0.29, 0.717) is 12.6 Å². The first kappa shape index (κ1) is 17.4. The van der Waals surface area contributed by atoms with Crippen LogP contribution in [-0.2, 0) is 11.2 Å². The maximum Gasteiger partial charge on any atom is 0.224 e. The molecule has 1 aromatic heterocycles. The van der Waals surface area contributed by atoms with Gasteiger partial charge in [0.15, 0.2) is 0 Å². The summed E-state index contributed by atoms with van der Waals surface area (Å²) in [5.41, 5.74) is 1.22. The Bertz CT molecular complexity index is 513. The molecule has 0 unspecified atom stereocenters. The van der Waals surface area contributed by atoms with Gasteiger partial charge in [0, 0.05) is 31.5 Å². The molecule has 0 spiro atoms. The van der Waals surface area contributed by atoms with Gasteiger partial charge in [-0.05, 0) is 76.5 Å². The minimum Gasteiger partial charge on any atom is -0.355 e. The van der Waals surface area contributed by atoms with Crippen LogP contribution >= 0.6 is 0 Å². The van der Waals surface area contributed by atoms with Crippen LogP contribution in [0.4, 0.5) is 0 Å². The van der Waals surface area contributed by atoms with Crippen molar-refractivity contribution in [3.05, 3.63) is 30.1 Å². The van der Waals surface area contributed by atoms with Crippen molar-refractivity contribution in [2.75, 3.05) is 39.8 Å². The van der Waals surface area contributed by atoms with Crippen LogP contribution in [-0.4, -0.2) is 66.5 Å². The molecule has 0 bridgehead atoms. The van der Waals surface area contributed by atoms with Gasteiger partial charge in [-0.25, -0.2) is 0 Å². The van der Waals surface area contributed by atoms with Crippen LogP contribution < -0.4 is 5.32 Å². The van der Waals surface area contributed by atoms with Gasteiger partial charge in [-0.1, -0.05) is 0 Å². The largest absolute Gasteiger partial charge is 0.355 e. The molecule has 0 radical (unpaired) electrons. The molecule has 0 aliphatic carbocycles. The quantitative estimate of drug-likeness (QED) is 0.890. The molecule has 132 valence electrons. The van der Waals surface area contributed by atoms with Gasteiger partial charge >= 0.3 is 0 Å². The van der Waals surface area contributed by atoms with E-state index in [0.717, 1.165) is 32.4 Å². The third kappa shape index (κ3) is 4.77. The Labute approximate surface area is 145 Å². The summed E-state index contributed by atoms with van der Waals surface area (Å²) in [6.45, 7) is 5.19. The lowest BCUT2D eigenvalue weighted by molar-refractivity contribution is -0.127. The fraction of sp³-hybridized carbons (Fsp3) is 0.684. The van der Waals surface area contributed by atoms with Crippen molar-refractivity contribution in [3.8, 4) is 0 Å². The second kappa shape index (κ2) is 8.58. The van der Waals surface area contributed by atoms with E-state index in [1.165, 1.54) is 31.5 Å². The maximum atomic E-state index is 12.5. The summed E-state index contributed by atoms with van der Waals surface area (Å²) in [5.74, 6) is 0.400. The zero-order chi connectivity index (χ0) is 16.8. The minimum absolute atomic E-state index is 0.163. The highest BCUT2D eigenvalue weighted by Crippen LogP contribution is 2.23. The molecule has 2 fully saturated rings. The predicted molar refractivity (Wildman–Crippen MR) is 95.8 cm³/mol. The van der Waals surface area contributed by atoms with Crippen LogP contribution in [0.3, 0.4) is 0 Å². The average molecular weight is 330 g/mol. The van der Waals surface area contributed by atoms with Crippen molar-refractivity contribution in [1.29, 1.82) is 0 Å². The highest BCUT2D eigenvalue weighted by Gasteiger charge is 2.30. The first-order valence-electron chi connectivity index (χ1n) is 9.31. The number of carbonyl (C=O) groups excluding carboxylic acids is 1. The van der Waals surface area contributed by atoms with Crippen molar-refractivity contribution in [1.82, 2.24) is 20.1 Å². The van der Waals surface area contributed by atoms with Gasteiger partial charge in [0.1, 0.15) is 0 Å². The third-order valence-electron chi connectivity index (χ3n) is 5.49. The van der Waals surface area contributed by atoms with E-state index in [4.69, 9.17) is 0 Å². The summed E-state index contributed by atoms with van der Waals surface area (Å²) in [6, 6.07) is 4.69. The SMILES string of the molecule is CN1CCC(N2CCC[C@H](C(=O)NCCc3ccncc3)C2)CC1. The highest BCUT2D eigenvalue weighted by molar-refractivity contribution is 5.79. The van der Waals surface area contributed by atoms with Gasteiger partial charge in [0.05, 0.1) is 5.92 Å². The summed E-state index contributed by atoms with van der Waals surface area (Å²) in [4.78, 5) is 21.5. The van der Waals surface area contributed by atoms with E-state index in [9.17, 15) is 4.79 Å². The summed E-state index contributed by atoms with van der Waals surface area (Å²) in [6.07, 6.45) is 9.15. The maximum absolute atomic E-state index is 12.5. The predicted octanol–water partition coefficient (Wildman–Crippen LogP) is 1.55. The molecule has 1 amide bonds. The summed E-state index contributed by atoms with van der Waals surface area (Å²) in [7, 11) is 2.20. The normalized spacial score (nSPS) is 24.0. The van der Waals surface area contributed by atoms with Gasteiger partial charge in [-0.3, -0.25) is 14.7 Å². The van der Waals surface area contributed by atoms with Gasteiger partial charge in [0.25, 0.3) is 0 Å². The molecule has 5 nitrogen and oxygen atoms in total. The van der Waals surface area contributed by atoms with Crippen molar-refractivity contribution >= 4 is 5.91 Å².